The van der Waals surface area contributed by atoms with Crippen LogP contribution >= 0.6 is 0 Å². The first kappa shape index (κ1) is 51.6. The lowest BCUT2D eigenvalue weighted by Crippen LogP contribution is -2.49. The Balaban J connectivity index is 1.40. The molecule has 0 bridgehead atoms. The van der Waals surface area contributed by atoms with E-state index in [-0.39, 0.29) is 49.4 Å². The Morgan fingerprint density at radius 2 is 1.21 bits per heavy atom. The van der Waals surface area contributed by atoms with Crippen LogP contribution in [0.15, 0.2) is 48.5 Å². The minimum Gasteiger partial charge on any atom is -0.480 e. The van der Waals surface area contributed by atoms with Gasteiger partial charge in [0.1, 0.15) is 30.6 Å². The number of nitrogens with one attached hydrogen (secondary N) is 3. The predicted octanol–water partition coefficient (Wildman–Crippen LogP) is 8.94. The third-order valence-electron chi connectivity index (χ3n) is 10.7. The molecule has 0 spiro atoms. The van der Waals surface area contributed by atoms with E-state index in [0.29, 0.717) is 12.8 Å². The SMILES string of the molecule is CC(C)(C)OC(=O)C(CCC(=O)NC[C@H](NC(=O)OCC1c2ccccc2-c2ccccc21)C(=O)O)NC(=O)CCCCCC[C@H](CCCCCCCCCC=O)OC(C)(C)C. The normalized spacial score (nSPS) is 13.8. The number of carbonyl (C=O) groups excluding carboxylic acids is 5. The van der Waals surface area contributed by atoms with E-state index in [1.54, 1.807) is 20.8 Å². The van der Waals surface area contributed by atoms with E-state index in [1.165, 1.54) is 25.7 Å². The maximum absolute atomic E-state index is 13.1. The van der Waals surface area contributed by atoms with Gasteiger partial charge >= 0.3 is 18.0 Å². The second-order valence-corrected chi connectivity index (χ2v) is 18.4. The number of carboxylic acid groups (broad SMARTS) is 1. The molecule has 1 aliphatic rings. The fourth-order valence-electron chi connectivity index (χ4n) is 7.71. The van der Waals surface area contributed by atoms with Crippen LogP contribution in [-0.2, 0) is 38.2 Å². The molecular weight excluding hydrogens is 791 g/mol. The average Bonchev–Trinajstić information content (AvgIpc) is 3.52. The van der Waals surface area contributed by atoms with E-state index in [0.717, 1.165) is 79.9 Å². The Morgan fingerprint density at radius 3 is 1.76 bits per heavy atom. The Kier molecular flexibility index (Phi) is 22.2. The van der Waals surface area contributed by atoms with Crippen molar-refractivity contribution < 1.29 is 48.1 Å². The van der Waals surface area contributed by atoms with Gasteiger partial charge in [-0.05, 0) is 95.9 Å². The van der Waals surface area contributed by atoms with Crippen molar-refractivity contribution in [3.05, 3.63) is 59.7 Å². The summed E-state index contributed by atoms with van der Waals surface area (Å²) in [7, 11) is 0. The highest BCUT2D eigenvalue weighted by Crippen LogP contribution is 2.44. The van der Waals surface area contributed by atoms with Crippen molar-refractivity contribution in [3.8, 4) is 11.1 Å². The highest BCUT2D eigenvalue weighted by Gasteiger charge is 2.31. The number of ether oxygens (including phenoxy) is 3. The van der Waals surface area contributed by atoms with Crippen LogP contribution in [0.3, 0.4) is 0 Å². The molecule has 0 aliphatic heterocycles. The Bertz CT molecular complexity index is 1690. The summed E-state index contributed by atoms with van der Waals surface area (Å²) >= 11 is 0. The number of carboxylic acids is 1. The molecule has 3 amide bonds. The molecule has 0 saturated carbocycles. The number of hydrogen-bond acceptors (Lipinski definition) is 9. The summed E-state index contributed by atoms with van der Waals surface area (Å²) in [6.45, 7) is 11.0. The molecule has 0 aromatic heterocycles. The summed E-state index contributed by atoms with van der Waals surface area (Å²) < 4.78 is 17.4. The van der Waals surface area contributed by atoms with Gasteiger partial charge in [0.05, 0.1) is 11.7 Å². The van der Waals surface area contributed by atoms with E-state index in [1.807, 2.05) is 48.5 Å². The van der Waals surface area contributed by atoms with Gasteiger partial charge in [0.25, 0.3) is 0 Å². The van der Waals surface area contributed by atoms with Crippen LogP contribution in [0.2, 0.25) is 0 Å². The largest absolute Gasteiger partial charge is 0.480 e. The van der Waals surface area contributed by atoms with Gasteiger partial charge in [-0.15, -0.1) is 0 Å². The monoisotopic (exact) mass is 864 g/mol. The molecule has 2 aromatic rings. The lowest BCUT2D eigenvalue weighted by Gasteiger charge is -2.28. The molecule has 4 N–H and O–H groups in total. The van der Waals surface area contributed by atoms with Crippen LogP contribution in [0.1, 0.15) is 168 Å². The fourth-order valence-corrected chi connectivity index (χ4v) is 7.71. The Morgan fingerprint density at radius 1 is 0.661 bits per heavy atom. The second-order valence-electron chi connectivity index (χ2n) is 18.4. The number of carbonyl (C=O) groups is 6. The zero-order valence-electron chi connectivity index (χ0n) is 38.1. The van der Waals surface area contributed by atoms with Gasteiger partial charge < -0.3 is 40.1 Å². The minimum atomic E-state index is -1.47. The van der Waals surface area contributed by atoms with Gasteiger partial charge in [-0.2, -0.15) is 0 Å². The van der Waals surface area contributed by atoms with Gasteiger partial charge in [-0.1, -0.05) is 106 Å². The van der Waals surface area contributed by atoms with Gasteiger partial charge in [-0.25, -0.2) is 14.4 Å². The zero-order valence-corrected chi connectivity index (χ0v) is 38.1. The third kappa shape index (κ3) is 19.9. The molecule has 13 heteroatoms. The molecular formula is C49H73N3O10. The first-order valence-corrected chi connectivity index (χ1v) is 22.7. The Hall–Kier alpha value is -4.78. The Labute approximate surface area is 369 Å². The van der Waals surface area contributed by atoms with Crippen LogP contribution in [-0.4, -0.2) is 83.8 Å². The molecule has 0 heterocycles. The van der Waals surface area contributed by atoms with Crippen LogP contribution < -0.4 is 16.0 Å². The number of benzene rings is 2. The maximum Gasteiger partial charge on any atom is 0.407 e. The number of aliphatic carboxylic acids is 1. The molecule has 0 saturated heterocycles. The van der Waals surface area contributed by atoms with E-state index in [2.05, 4.69) is 36.7 Å². The van der Waals surface area contributed by atoms with E-state index >= 15 is 0 Å². The molecule has 13 nitrogen and oxygen atoms in total. The third-order valence-corrected chi connectivity index (χ3v) is 10.7. The first-order valence-electron chi connectivity index (χ1n) is 22.7. The maximum atomic E-state index is 13.1. The molecule has 2 aromatic carbocycles. The lowest BCUT2D eigenvalue weighted by atomic mass is 9.98. The predicted molar refractivity (Wildman–Crippen MR) is 240 cm³/mol. The highest BCUT2D eigenvalue weighted by atomic mass is 16.6. The van der Waals surface area contributed by atoms with E-state index in [4.69, 9.17) is 14.2 Å². The summed E-state index contributed by atoms with van der Waals surface area (Å²) in [6, 6.07) is 13.2. The molecule has 3 atom stereocenters. The number of esters is 1. The van der Waals surface area contributed by atoms with Crippen molar-refractivity contribution in [1.82, 2.24) is 16.0 Å². The number of fused-ring (bicyclic) bond motifs is 3. The minimum absolute atomic E-state index is 0.00247. The number of rotatable bonds is 29. The smallest absolute Gasteiger partial charge is 0.407 e. The van der Waals surface area contributed by atoms with Crippen LogP contribution in [0.4, 0.5) is 4.79 Å². The molecule has 62 heavy (non-hydrogen) atoms. The van der Waals surface area contributed by atoms with E-state index < -0.39 is 48.2 Å². The molecule has 344 valence electrons. The first-order chi connectivity index (χ1) is 29.5. The van der Waals surface area contributed by atoms with Crippen LogP contribution in [0, 0.1) is 0 Å². The summed E-state index contributed by atoms with van der Waals surface area (Å²) in [5.74, 6) is -3.13. The van der Waals surface area contributed by atoms with Crippen molar-refractivity contribution in [2.75, 3.05) is 13.2 Å². The van der Waals surface area contributed by atoms with Gasteiger partial charge in [0, 0.05) is 31.7 Å². The van der Waals surface area contributed by atoms with E-state index in [9.17, 15) is 33.9 Å². The van der Waals surface area contributed by atoms with Gasteiger partial charge in [-0.3, -0.25) is 9.59 Å². The topological polar surface area (TPSA) is 186 Å². The quantitative estimate of drug-likeness (QED) is 0.0350. The van der Waals surface area contributed by atoms with Gasteiger partial charge in [0.2, 0.25) is 11.8 Å². The molecule has 1 unspecified atom stereocenters. The summed E-state index contributed by atoms with van der Waals surface area (Å²) in [4.78, 5) is 74.3. The molecule has 3 rings (SSSR count). The second kappa shape index (κ2) is 26.6. The fraction of sp³-hybridized carbons (Fsp3) is 0.633. The summed E-state index contributed by atoms with van der Waals surface area (Å²) in [5.41, 5.74) is 3.10. The molecule has 1 aliphatic carbocycles. The standard InChI is InChI=1S/C49H73N3O10/c1-48(2,3)61-35(23-15-11-9-7-8-10-14-22-32-53)24-16-12-13-17-29-44(55)51-41(46(58)62-49(4,5)6)30-31-43(54)50-33-42(45(56)57)52-47(59)60-34-40-38-27-20-18-25-36(38)37-26-19-21-28-39(37)40/h18-21,25-28,32,35,40-42H,7-17,22-24,29-31,33-34H2,1-6H3,(H,50,54)(H,51,55)(H,52,59)(H,56,57)/t35-,41?,42-/m0/s1. The summed E-state index contributed by atoms with van der Waals surface area (Å²) in [6.07, 6.45) is 14.2. The van der Waals surface area contributed by atoms with Crippen molar-refractivity contribution in [1.29, 1.82) is 0 Å². The average molecular weight is 864 g/mol. The number of hydrogen-bond donors (Lipinski definition) is 4. The van der Waals surface area contributed by atoms with Crippen molar-refractivity contribution in [3.63, 3.8) is 0 Å². The lowest BCUT2D eigenvalue weighted by molar-refractivity contribution is -0.159. The molecule has 0 fully saturated rings. The van der Waals surface area contributed by atoms with Gasteiger partial charge in [0.15, 0.2) is 0 Å². The zero-order chi connectivity index (χ0) is 45.5. The number of amides is 3. The van der Waals surface area contributed by atoms with Crippen LogP contribution in [0.5, 0.6) is 0 Å². The number of alkyl carbamates (subject to hydrolysis) is 1. The highest BCUT2D eigenvalue weighted by molar-refractivity contribution is 5.86. The van der Waals surface area contributed by atoms with Crippen molar-refractivity contribution in [2.45, 2.75) is 186 Å². The van der Waals surface area contributed by atoms with Crippen molar-refractivity contribution in [2.24, 2.45) is 0 Å². The van der Waals surface area contributed by atoms with Crippen molar-refractivity contribution >= 4 is 36.1 Å². The number of aldehydes is 1. The molecule has 0 radical (unpaired) electrons. The summed E-state index contributed by atoms with van der Waals surface area (Å²) in [5, 5.41) is 17.4. The number of unbranched alkanes of at least 4 members (excludes halogenated alkanes) is 10. The van der Waals surface area contributed by atoms with Crippen LogP contribution in [0.25, 0.3) is 11.1 Å².